The summed E-state index contributed by atoms with van der Waals surface area (Å²) in [6.45, 7) is 11.0. The summed E-state index contributed by atoms with van der Waals surface area (Å²) in [6, 6.07) is 2.19. The maximum Gasteiger partial charge on any atom is 0.134 e. The molecule has 1 aromatic heterocycles. The van der Waals surface area contributed by atoms with E-state index in [4.69, 9.17) is 11.6 Å². The average molecular weight is 297 g/mol. The Bertz CT molecular complexity index is 469. The topological polar surface area (TPSA) is 49.8 Å². The van der Waals surface area contributed by atoms with E-state index in [0.717, 1.165) is 30.9 Å². The third-order valence-corrected chi connectivity index (χ3v) is 3.79. The molecule has 0 unspecified atom stereocenters. The minimum absolute atomic E-state index is 0.115. The first kappa shape index (κ1) is 15.5. The Morgan fingerprint density at radius 1 is 1.25 bits per heavy atom. The highest BCUT2D eigenvalue weighted by atomic mass is 35.5. The Kier molecular flexibility index (Phi) is 4.26. The van der Waals surface area contributed by atoms with Gasteiger partial charge < -0.3 is 10.6 Å². The molecule has 112 valence electrons. The maximum atomic E-state index is 6.06. The highest BCUT2D eigenvalue weighted by molar-refractivity contribution is 6.29. The maximum absolute atomic E-state index is 6.06. The van der Waals surface area contributed by atoms with Crippen LogP contribution in [0, 0.1) is 0 Å². The van der Waals surface area contributed by atoms with Crippen LogP contribution in [0.1, 0.15) is 53.3 Å². The van der Waals surface area contributed by atoms with Gasteiger partial charge in [-0.1, -0.05) is 18.5 Å². The summed E-state index contributed by atoms with van der Waals surface area (Å²) in [5, 5.41) is 7.72. The molecule has 5 heteroatoms. The van der Waals surface area contributed by atoms with Crippen LogP contribution >= 0.6 is 11.6 Å². The molecule has 0 amide bonds. The Hall–Kier alpha value is -0.870. The normalized spacial score (nSPS) is 21.7. The van der Waals surface area contributed by atoms with Gasteiger partial charge in [0.25, 0.3) is 0 Å². The van der Waals surface area contributed by atoms with E-state index < -0.39 is 0 Å². The number of aromatic nitrogens is 2. The third-order valence-electron chi connectivity index (χ3n) is 3.60. The van der Waals surface area contributed by atoms with E-state index >= 15 is 0 Å². The average Bonchev–Trinajstić information content (AvgIpc) is 2.23. The first-order valence-electron chi connectivity index (χ1n) is 7.28. The fourth-order valence-electron chi connectivity index (χ4n) is 3.33. The molecule has 0 bridgehead atoms. The molecular weight excluding hydrogens is 272 g/mol. The first-order valence-corrected chi connectivity index (χ1v) is 7.66. The van der Waals surface area contributed by atoms with Crippen LogP contribution in [0.25, 0.3) is 0 Å². The standard InChI is InChI=1S/C15H25ClN4/c1-6-12-18-11(16)7-13(19-12)17-10-8-14(2,3)20-15(4,5)9-10/h7,10,20H,6,8-9H2,1-5H3,(H,17,18,19). The highest BCUT2D eigenvalue weighted by Crippen LogP contribution is 2.30. The summed E-state index contributed by atoms with van der Waals surface area (Å²) in [5.41, 5.74) is 0.230. The van der Waals surface area contributed by atoms with Crippen LogP contribution in [0.4, 0.5) is 5.82 Å². The van der Waals surface area contributed by atoms with Crippen LogP contribution in [0.15, 0.2) is 6.07 Å². The van der Waals surface area contributed by atoms with E-state index in [1.54, 1.807) is 0 Å². The SMILES string of the molecule is CCc1nc(Cl)cc(NC2CC(C)(C)NC(C)(C)C2)n1. The molecule has 0 aliphatic carbocycles. The van der Waals surface area contributed by atoms with Gasteiger partial charge in [0.05, 0.1) is 0 Å². The van der Waals surface area contributed by atoms with Crippen molar-refractivity contribution in [2.45, 2.75) is 71.0 Å². The van der Waals surface area contributed by atoms with Crippen molar-refractivity contribution in [3.05, 3.63) is 17.0 Å². The fourth-order valence-corrected chi connectivity index (χ4v) is 3.53. The Labute approximate surface area is 126 Å². The van der Waals surface area contributed by atoms with Crippen molar-refractivity contribution < 1.29 is 0 Å². The van der Waals surface area contributed by atoms with Crippen molar-refractivity contribution >= 4 is 17.4 Å². The molecule has 2 N–H and O–H groups in total. The number of halogens is 1. The van der Waals surface area contributed by atoms with Gasteiger partial charge in [0.1, 0.15) is 16.8 Å². The summed E-state index contributed by atoms with van der Waals surface area (Å²) in [7, 11) is 0. The number of hydrogen-bond acceptors (Lipinski definition) is 4. The van der Waals surface area contributed by atoms with Crippen molar-refractivity contribution in [2.24, 2.45) is 0 Å². The number of nitrogens with zero attached hydrogens (tertiary/aromatic N) is 2. The molecule has 1 aliphatic heterocycles. The van der Waals surface area contributed by atoms with Gasteiger partial charge in [-0.25, -0.2) is 9.97 Å². The van der Waals surface area contributed by atoms with Crippen LogP contribution in [-0.4, -0.2) is 27.1 Å². The molecular formula is C15H25ClN4. The van der Waals surface area contributed by atoms with E-state index in [1.165, 1.54) is 0 Å². The van der Waals surface area contributed by atoms with Gasteiger partial charge in [0.2, 0.25) is 0 Å². The van der Waals surface area contributed by atoms with Gasteiger partial charge in [0, 0.05) is 29.6 Å². The molecule has 2 heterocycles. The Balaban J connectivity index is 2.15. The predicted octanol–water partition coefficient (Wildman–Crippen LogP) is 3.41. The van der Waals surface area contributed by atoms with Gasteiger partial charge >= 0.3 is 0 Å². The van der Waals surface area contributed by atoms with Crippen LogP contribution in [0.5, 0.6) is 0 Å². The van der Waals surface area contributed by atoms with Crippen molar-refractivity contribution in [3.63, 3.8) is 0 Å². The second kappa shape index (κ2) is 5.49. The van der Waals surface area contributed by atoms with Crippen LogP contribution in [0.3, 0.4) is 0 Å². The molecule has 0 atom stereocenters. The molecule has 2 rings (SSSR count). The van der Waals surface area contributed by atoms with Crippen molar-refractivity contribution in [2.75, 3.05) is 5.32 Å². The number of piperidine rings is 1. The lowest BCUT2D eigenvalue weighted by Crippen LogP contribution is -2.60. The van der Waals surface area contributed by atoms with E-state index in [1.807, 2.05) is 13.0 Å². The van der Waals surface area contributed by atoms with E-state index in [-0.39, 0.29) is 11.1 Å². The minimum atomic E-state index is 0.115. The van der Waals surface area contributed by atoms with Gasteiger partial charge in [0.15, 0.2) is 0 Å². The Morgan fingerprint density at radius 3 is 2.40 bits per heavy atom. The lowest BCUT2D eigenvalue weighted by Gasteiger charge is -2.46. The Morgan fingerprint density at radius 2 is 1.85 bits per heavy atom. The molecule has 0 radical (unpaired) electrons. The van der Waals surface area contributed by atoms with Gasteiger partial charge in [-0.2, -0.15) is 0 Å². The zero-order valence-corrected chi connectivity index (χ0v) is 13.8. The number of aryl methyl sites for hydroxylation is 1. The molecule has 1 aliphatic rings. The summed E-state index contributed by atoms with van der Waals surface area (Å²) in [5.74, 6) is 1.62. The van der Waals surface area contributed by atoms with E-state index in [2.05, 4.69) is 48.3 Å². The summed E-state index contributed by atoms with van der Waals surface area (Å²) in [6.07, 6.45) is 2.90. The molecule has 0 spiro atoms. The zero-order valence-electron chi connectivity index (χ0n) is 13.0. The molecule has 0 aromatic carbocycles. The smallest absolute Gasteiger partial charge is 0.134 e. The molecule has 4 nitrogen and oxygen atoms in total. The third kappa shape index (κ3) is 4.06. The van der Waals surface area contributed by atoms with E-state index in [9.17, 15) is 0 Å². The van der Waals surface area contributed by atoms with Crippen molar-refractivity contribution in [3.8, 4) is 0 Å². The van der Waals surface area contributed by atoms with Gasteiger partial charge in [-0.3, -0.25) is 0 Å². The fraction of sp³-hybridized carbons (Fsp3) is 0.733. The summed E-state index contributed by atoms with van der Waals surface area (Å²) < 4.78 is 0. The number of rotatable bonds is 3. The lowest BCUT2D eigenvalue weighted by atomic mass is 9.79. The predicted molar refractivity (Wildman–Crippen MR) is 84.4 cm³/mol. The van der Waals surface area contributed by atoms with Crippen LogP contribution < -0.4 is 10.6 Å². The quantitative estimate of drug-likeness (QED) is 0.839. The minimum Gasteiger partial charge on any atom is -0.367 e. The largest absolute Gasteiger partial charge is 0.367 e. The first-order chi connectivity index (χ1) is 9.19. The molecule has 20 heavy (non-hydrogen) atoms. The highest BCUT2D eigenvalue weighted by Gasteiger charge is 2.37. The van der Waals surface area contributed by atoms with Crippen LogP contribution in [0.2, 0.25) is 5.15 Å². The summed E-state index contributed by atoms with van der Waals surface area (Å²) in [4.78, 5) is 8.72. The molecule has 0 saturated carbocycles. The second-order valence-corrected chi connectivity index (χ2v) is 7.38. The molecule has 1 fully saturated rings. The van der Waals surface area contributed by atoms with Crippen LogP contribution in [-0.2, 0) is 6.42 Å². The van der Waals surface area contributed by atoms with Gasteiger partial charge in [-0.15, -0.1) is 0 Å². The second-order valence-electron chi connectivity index (χ2n) is 6.99. The number of nitrogens with one attached hydrogen (secondary N) is 2. The van der Waals surface area contributed by atoms with Crippen molar-refractivity contribution in [1.82, 2.24) is 15.3 Å². The molecule has 1 aromatic rings. The van der Waals surface area contributed by atoms with Crippen molar-refractivity contribution in [1.29, 1.82) is 0 Å². The summed E-state index contributed by atoms with van der Waals surface area (Å²) >= 11 is 6.06. The zero-order chi connectivity index (χ0) is 15.0. The monoisotopic (exact) mass is 296 g/mol. The van der Waals surface area contributed by atoms with E-state index in [0.29, 0.717) is 11.2 Å². The number of anilines is 1. The lowest BCUT2D eigenvalue weighted by molar-refractivity contribution is 0.170. The number of hydrogen-bond donors (Lipinski definition) is 2. The molecule has 1 saturated heterocycles. The van der Waals surface area contributed by atoms with Gasteiger partial charge in [-0.05, 0) is 40.5 Å².